The molecule has 6 rings (SSSR count). The molecule has 12 heteroatoms. The number of pyridine rings is 1. The molecule has 0 aliphatic carbocycles. The quantitative estimate of drug-likeness (QED) is 0.473. The number of amides is 2. The van der Waals surface area contributed by atoms with Crippen LogP contribution in [0.5, 0.6) is 5.75 Å². The number of hydrogen-bond donors (Lipinski definition) is 1. The Hall–Kier alpha value is -4.61. The van der Waals surface area contributed by atoms with E-state index in [9.17, 15) is 27.6 Å². The summed E-state index contributed by atoms with van der Waals surface area (Å²) >= 11 is 0. The van der Waals surface area contributed by atoms with Crippen LogP contribution in [-0.2, 0) is 18.0 Å². The highest BCUT2D eigenvalue weighted by atomic mass is 19.1. The van der Waals surface area contributed by atoms with E-state index in [0.29, 0.717) is 31.4 Å². The number of nitrogens with one attached hydrogen (secondary N) is 1. The van der Waals surface area contributed by atoms with E-state index in [-0.39, 0.29) is 30.6 Å². The summed E-state index contributed by atoms with van der Waals surface area (Å²) in [4.78, 5) is 48.7. The lowest BCUT2D eigenvalue weighted by molar-refractivity contribution is -0.0656. The van der Waals surface area contributed by atoms with Crippen LogP contribution in [0.25, 0.3) is 0 Å². The van der Waals surface area contributed by atoms with Gasteiger partial charge in [0, 0.05) is 55.7 Å². The monoisotopic (exact) mass is 580 g/mol. The maximum Gasteiger partial charge on any atom is 0.274 e. The fourth-order valence-electron chi connectivity index (χ4n) is 5.88. The second kappa shape index (κ2) is 10.7. The van der Waals surface area contributed by atoms with Crippen LogP contribution in [-0.4, -0.2) is 45.7 Å². The van der Waals surface area contributed by atoms with Crippen LogP contribution >= 0.6 is 0 Å². The van der Waals surface area contributed by atoms with Crippen LogP contribution < -0.4 is 15.5 Å². The molecule has 9 nitrogen and oxygen atoms in total. The molecule has 1 aromatic heterocycles. The van der Waals surface area contributed by atoms with Gasteiger partial charge in [-0.3, -0.25) is 14.4 Å². The van der Waals surface area contributed by atoms with Crippen molar-refractivity contribution in [2.45, 2.75) is 57.0 Å². The van der Waals surface area contributed by atoms with E-state index in [1.165, 1.54) is 6.20 Å². The average Bonchev–Trinajstić information content (AvgIpc) is 3.40. The van der Waals surface area contributed by atoms with Crippen molar-refractivity contribution in [2.75, 3.05) is 6.54 Å². The third kappa shape index (κ3) is 4.70. The number of carbonyl (C=O) groups is 2. The molecule has 0 radical (unpaired) electrons. The first-order valence-electron chi connectivity index (χ1n) is 13.6. The molecule has 2 bridgehead atoms. The predicted molar refractivity (Wildman–Crippen MR) is 145 cm³/mol. The number of rotatable bonds is 6. The van der Waals surface area contributed by atoms with Crippen LogP contribution in [0.2, 0.25) is 0 Å². The summed E-state index contributed by atoms with van der Waals surface area (Å²) in [6, 6.07) is 9.33. The number of hydrogen-bond acceptors (Lipinski definition) is 6. The molecule has 1 spiro atoms. The lowest BCUT2D eigenvalue weighted by Crippen LogP contribution is -2.52. The highest BCUT2D eigenvalue weighted by Crippen LogP contribution is 2.45. The Balaban J connectivity index is 1.44. The van der Waals surface area contributed by atoms with E-state index < -0.39 is 64.0 Å². The first-order chi connectivity index (χ1) is 20.2. The molecule has 3 unspecified atom stereocenters. The van der Waals surface area contributed by atoms with E-state index >= 15 is 0 Å². The first-order valence-corrected chi connectivity index (χ1v) is 13.6. The van der Waals surface area contributed by atoms with Crippen molar-refractivity contribution in [1.29, 1.82) is 0 Å². The van der Waals surface area contributed by atoms with Crippen LogP contribution in [0.3, 0.4) is 0 Å². The number of ether oxygens (including phenoxy) is 1. The van der Waals surface area contributed by atoms with E-state index in [1.807, 2.05) is 13.0 Å². The summed E-state index contributed by atoms with van der Waals surface area (Å²) in [5.41, 5.74) is -1.92. The molecular formula is C30H27F3N4O5. The standard InChI is InChI=1S/C30H27F3N4O5/c1-17-7-8-30(9-10-35-42-30)24-15-36(17)29(40)25-27(41-16-18-5-3-2-4-6-18)26(38)21(14-37(24)25)28(39)34-13-20-22(32)11-19(31)12-23(20)33/h2-6,10-12,14,17,24H,7-9,13,15-16H2,1H3,(H,34,39). The van der Waals surface area contributed by atoms with Gasteiger partial charge in [0.1, 0.15) is 29.6 Å². The van der Waals surface area contributed by atoms with Crippen LogP contribution in [0.15, 0.2) is 58.6 Å². The smallest absolute Gasteiger partial charge is 0.274 e. The Kier molecular flexibility index (Phi) is 6.99. The molecule has 3 aromatic rings. The van der Waals surface area contributed by atoms with Crippen molar-refractivity contribution in [3.63, 3.8) is 0 Å². The number of nitrogens with zero attached hydrogens (tertiary/aromatic N) is 3. The van der Waals surface area contributed by atoms with Crippen molar-refractivity contribution in [1.82, 2.24) is 14.8 Å². The number of halogens is 3. The first kappa shape index (κ1) is 27.6. The van der Waals surface area contributed by atoms with Crippen LogP contribution in [0.4, 0.5) is 13.2 Å². The zero-order valence-electron chi connectivity index (χ0n) is 22.6. The number of fused-ring (bicyclic) bond motifs is 5. The zero-order valence-corrected chi connectivity index (χ0v) is 22.6. The molecule has 218 valence electrons. The maximum atomic E-state index is 14.2. The molecule has 1 N–H and O–H groups in total. The molecule has 3 aliphatic rings. The zero-order chi connectivity index (χ0) is 29.6. The summed E-state index contributed by atoms with van der Waals surface area (Å²) in [6.07, 6.45) is 4.60. The predicted octanol–water partition coefficient (Wildman–Crippen LogP) is 4.10. The highest BCUT2D eigenvalue weighted by molar-refractivity contribution is 5.99. The van der Waals surface area contributed by atoms with E-state index in [4.69, 9.17) is 9.57 Å². The number of benzene rings is 2. The van der Waals surface area contributed by atoms with Crippen molar-refractivity contribution in [2.24, 2.45) is 5.16 Å². The van der Waals surface area contributed by atoms with Gasteiger partial charge in [-0.2, -0.15) is 0 Å². The molecular weight excluding hydrogens is 553 g/mol. The van der Waals surface area contributed by atoms with E-state index in [1.54, 1.807) is 39.9 Å². The van der Waals surface area contributed by atoms with Gasteiger partial charge < -0.3 is 24.4 Å². The van der Waals surface area contributed by atoms with Crippen molar-refractivity contribution >= 4 is 18.0 Å². The summed E-state index contributed by atoms with van der Waals surface area (Å²) in [5.74, 6) is -5.14. The van der Waals surface area contributed by atoms with Gasteiger partial charge in [0.2, 0.25) is 5.43 Å². The number of carbonyl (C=O) groups excluding carboxylic acids is 2. The minimum absolute atomic E-state index is 0.0111. The van der Waals surface area contributed by atoms with Gasteiger partial charge in [0.15, 0.2) is 17.0 Å². The molecule has 3 atom stereocenters. The lowest BCUT2D eigenvalue weighted by atomic mass is 9.86. The second-order valence-corrected chi connectivity index (χ2v) is 10.8. The summed E-state index contributed by atoms with van der Waals surface area (Å²) in [7, 11) is 0. The fourth-order valence-corrected chi connectivity index (χ4v) is 5.88. The Morgan fingerprint density at radius 2 is 1.90 bits per heavy atom. The van der Waals surface area contributed by atoms with E-state index in [2.05, 4.69) is 10.5 Å². The average molecular weight is 581 g/mol. The van der Waals surface area contributed by atoms with Crippen LogP contribution in [0, 0.1) is 17.5 Å². The molecule has 4 heterocycles. The minimum atomic E-state index is -1.18. The molecule has 1 fully saturated rings. The van der Waals surface area contributed by atoms with Gasteiger partial charge >= 0.3 is 0 Å². The van der Waals surface area contributed by atoms with Crippen molar-refractivity contribution in [3.8, 4) is 5.75 Å². The maximum absolute atomic E-state index is 14.2. The van der Waals surface area contributed by atoms with Crippen molar-refractivity contribution < 1.29 is 32.3 Å². The SMILES string of the molecule is CC1CCC2(CC=NO2)C2CN1C(=O)c1c(OCc3ccccc3)c(=O)c(C(=O)NCc3c(F)cc(F)cc3F)cn12. The molecule has 0 saturated carbocycles. The number of oxime groups is 1. The topological polar surface area (TPSA) is 102 Å². The summed E-state index contributed by atoms with van der Waals surface area (Å²) in [5, 5.41) is 6.36. The third-order valence-corrected chi connectivity index (χ3v) is 8.23. The van der Waals surface area contributed by atoms with E-state index in [0.717, 1.165) is 5.56 Å². The second-order valence-electron chi connectivity index (χ2n) is 10.8. The van der Waals surface area contributed by atoms with Crippen LogP contribution in [0.1, 0.15) is 64.2 Å². The Morgan fingerprint density at radius 1 is 1.17 bits per heavy atom. The summed E-state index contributed by atoms with van der Waals surface area (Å²) < 4.78 is 49.4. The number of aromatic nitrogens is 1. The van der Waals surface area contributed by atoms with Gasteiger partial charge in [-0.15, -0.1) is 0 Å². The lowest BCUT2D eigenvalue weighted by Gasteiger charge is -2.42. The van der Waals surface area contributed by atoms with Gasteiger partial charge in [-0.05, 0) is 25.3 Å². The molecule has 2 amide bonds. The summed E-state index contributed by atoms with van der Waals surface area (Å²) in [6.45, 7) is 1.48. The van der Waals surface area contributed by atoms with Gasteiger partial charge in [0.05, 0.1) is 6.04 Å². The van der Waals surface area contributed by atoms with Gasteiger partial charge in [0.25, 0.3) is 11.8 Å². The minimum Gasteiger partial charge on any atom is -0.483 e. The Morgan fingerprint density at radius 3 is 2.60 bits per heavy atom. The van der Waals surface area contributed by atoms with Crippen molar-refractivity contribution in [3.05, 3.63) is 98.7 Å². The Bertz CT molecular complexity index is 1630. The molecule has 3 aliphatic heterocycles. The highest BCUT2D eigenvalue weighted by Gasteiger charge is 2.53. The Labute approximate surface area is 238 Å². The molecule has 42 heavy (non-hydrogen) atoms. The van der Waals surface area contributed by atoms with Gasteiger partial charge in [-0.1, -0.05) is 35.5 Å². The fraction of sp³-hybridized carbons (Fsp3) is 0.333. The largest absolute Gasteiger partial charge is 0.483 e. The molecule has 2 aromatic carbocycles. The third-order valence-electron chi connectivity index (χ3n) is 8.23. The normalized spacial score (nSPS) is 22.5. The molecule has 1 saturated heterocycles. The van der Waals surface area contributed by atoms with Gasteiger partial charge in [-0.25, -0.2) is 13.2 Å².